The van der Waals surface area contributed by atoms with Crippen molar-refractivity contribution in [1.29, 1.82) is 0 Å². The van der Waals surface area contributed by atoms with E-state index in [0.29, 0.717) is 5.69 Å². The van der Waals surface area contributed by atoms with Gasteiger partial charge in [0.15, 0.2) is 15.9 Å². The van der Waals surface area contributed by atoms with Crippen LogP contribution in [0.4, 0.5) is 5.69 Å². The van der Waals surface area contributed by atoms with Gasteiger partial charge in [-0.15, -0.1) is 0 Å². The van der Waals surface area contributed by atoms with Crippen molar-refractivity contribution in [2.45, 2.75) is 31.8 Å². The average molecular weight is 375 g/mol. The standard InChI is InChI=1S/C19H21NO5S/c1-4-26(23,24)17-11-6-5-10-16(17)19(22)25-14(3)18(21)20-15-9-7-8-13(2)12-15/h5-12,14H,4H2,1-3H3,(H,20,21)/t14-/m0/s1. The van der Waals surface area contributed by atoms with Crippen LogP contribution in [0.1, 0.15) is 29.8 Å². The largest absolute Gasteiger partial charge is 0.449 e. The molecular weight excluding hydrogens is 354 g/mol. The van der Waals surface area contributed by atoms with Crippen molar-refractivity contribution >= 4 is 27.4 Å². The van der Waals surface area contributed by atoms with E-state index in [-0.39, 0.29) is 16.2 Å². The Kier molecular flexibility index (Phi) is 6.15. The number of aryl methyl sites for hydroxylation is 1. The minimum absolute atomic E-state index is 0.0791. The second-order valence-electron chi connectivity index (χ2n) is 5.81. The molecule has 7 heteroatoms. The lowest BCUT2D eigenvalue weighted by Crippen LogP contribution is -2.30. The first-order valence-electron chi connectivity index (χ1n) is 8.15. The number of carbonyl (C=O) groups excluding carboxylic acids is 2. The Morgan fingerprint density at radius 3 is 2.46 bits per heavy atom. The van der Waals surface area contributed by atoms with Crippen LogP contribution in [-0.2, 0) is 19.4 Å². The van der Waals surface area contributed by atoms with Crippen molar-refractivity contribution in [3.8, 4) is 0 Å². The predicted octanol–water partition coefficient (Wildman–Crippen LogP) is 2.97. The Morgan fingerprint density at radius 2 is 1.81 bits per heavy atom. The number of sulfone groups is 1. The number of amides is 1. The van der Waals surface area contributed by atoms with E-state index in [1.165, 1.54) is 32.0 Å². The number of rotatable bonds is 6. The fraction of sp³-hybridized carbons (Fsp3) is 0.263. The van der Waals surface area contributed by atoms with Crippen LogP contribution < -0.4 is 5.32 Å². The van der Waals surface area contributed by atoms with Gasteiger partial charge in [0, 0.05) is 5.69 Å². The van der Waals surface area contributed by atoms with Gasteiger partial charge in [-0.3, -0.25) is 4.79 Å². The van der Waals surface area contributed by atoms with Crippen LogP contribution in [0, 0.1) is 6.92 Å². The number of hydrogen-bond donors (Lipinski definition) is 1. The monoisotopic (exact) mass is 375 g/mol. The third-order valence-corrected chi connectivity index (χ3v) is 5.55. The number of esters is 1. The lowest BCUT2D eigenvalue weighted by atomic mass is 10.2. The SMILES string of the molecule is CCS(=O)(=O)c1ccccc1C(=O)O[C@@H](C)C(=O)Nc1cccc(C)c1. The summed E-state index contributed by atoms with van der Waals surface area (Å²) in [5.41, 5.74) is 1.49. The van der Waals surface area contributed by atoms with Gasteiger partial charge in [-0.05, 0) is 43.7 Å². The van der Waals surface area contributed by atoms with Gasteiger partial charge in [-0.25, -0.2) is 13.2 Å². The molecule has 0 aliphatic heterocycles. The normalized spacial score (nSPS) is 12.3. The average Bonchev–Trinajstić information content (AvgIpc) is 2.61. The Balaban J connectivity index is 2.14. The zero-order valence-electron chi connectivity index (χ0n) is 14.9. The molecule has 0 bridgehead atoms. The molecule has 1 atom stereocenters. The van der Waals surface area contributed by atoms with Crippen LogP contribution >= 0.6 is 0 Å². The van der Waals surface area contributed by atoms with E-state index in [1.54, 1.807) is 24.3 Å². The van der Waals surface area contributed by atoms with Crippen molar-refractivity contribution in [2.24, 2.45) is 0 Å². The molecule has 0 heterocycles. The molecule has 0 unspecified atom stereocenters. The third kappa shape index (κ3) is 4.70. The number of benzene rings is 2. The van der Waals surface area contributed by atoms with E-state index < -0.39 is 27.8 Å². The number of anilines is 1. The van der Waals surface area contributed by atoms with E-state index in [2.05, 4.69) is 5.32 Å². The van der Waals surface area contributed by atoms with Gasteiger partial charge >= 0.3 is 5.97 Å². The van der Waals surface area contributed by atoms with Crippen LogP contribution in [0.5, 0.6) is 0 Å². The molecule has 2 rings (SSSR count). The first kappa shape index (κ1) is 19.7. The molecule has 26 heavy (non-hydrogen) atoms. The maximum atomic E-state index is 12.4. The van der Waals surface area contributed by atoms with Crippen molar-refractivity contribution in [1.82, 2.24) is 0 Å². The lowest BCUT2D eigenvalue weighted by Gasteiger charge is -2.15. The molecule has 1 N–H and O–H groups in total. The fourth-order valence-corrected chi connectivity index (χ4v) is 3.39. The van der Waals surface area contributed by atoms with Gasteiger partial charge in [-0.2, -0.15) is 0 Å². The molecule has 0 aromatic heterocycles. The van der Waals surface area contributed by atoms with Crippen LogP contribution in [-0.4, -0.2) is 32.2 Å². The van der Waals surface area contributed by atoms with Gasteiger partial charge in [0.25, 0.3) is 5.91 Å². The van der Waals surface area contributed by atoms with Gasteiger partial charge in [-0.1, -0.05) is 31.2 Å². The highest BCUT2D eigenvalue weighted by Gasteiger charge is 2.25. The van der Waals surface area contributed by atoms with Gasteiger partial charge in [0.2, 0.25) is 0 Å². The van der Waals surface area contributed by atoms with Crippen LogP contribution in [0.25, 0.3) is 0 Å². The smallest absolute Gasteiger partial charge is 0.340 e. The molecule has 6 nitrogen and oxygen atoms in total. The van der Waals surface area contributed by atoms with Crippen molar-refractivity contribution in [2.75, 3.05) is 11.1 Å². The highest BCUT2D eigenvalue weighted by Crippen LogP contribution is 2.19. The molecule has 2 aromatic carbocycles. The predicted molar refractivity (Wildman–Crippen MR) is 98.9 cm³/mol. The summed E-state index contributed by atoms with van der Waals surface area (Å²) in [6, 6.07) is 13.0. The van der Waals surface area contributed by atoms with Crippen molar-refractivity contribution < 1.29 is 22.7 Å². The summed E-state index contributed by atoms with van der Waals surface area (Å²) in [6.45, 7) is 4.82. The minimum atomic E-state index is -3.58. The van der Waals surface area contributed by atoms with Crippen molar-refractivity contribution in [3.63, 3.8) is 0 Å². The number of nitrogens with one attached hydrogen (secondary N) is 1. The second kappa shape index (κ2) is 8.14. The molecule has 0 aliphatic rings. The fourth-order valence-electron chi connectivity index (χ4n) is 2.31. The van der Waals surface area contributed by atoms with Gasteiger partial charge in [0.05, 0.1) is 16.2 Å². The minimum Gasteiger partial charge on any atom is -0.449 e. The summed E-state index contributed by atoms with van der Waals surface area (Å²) in [7, 11) is -3.58. The number of hydrogen-bond acceptors (Lipinski definition) is 5. The molecule has 0 fully saturated rings. The molecule has 0 saturated carbocycles. The summed E-state index contributed by atoms with van der Waals surface area (Å²) in [5.74, 6) is -1.50. The summed E-state index contributed by atoms with van der Waals surface area (Å²) in [6.07, 6.45) is -1.08. The molecule has 0 aliphatic carbocycles. The zero-order valence-corrected chi connectivity index (χ0v) is 15.7. The highest BCUT2D eigenvalue weighted by molar-refractivity contribution is 7.91. The van der Waals surface area contributed by atoms with Gasteiger partial charge < -0.3 is 10.1 Å². The van der Waals surface area contributed by atoms with E-state index >= 15 is 0 Å². The number of carbonyl (C=O) groups is 2. The topological polar surface area (TPSA) is 89.5 Å². The summed E-state index contributed by atoms with van der Waals surface area (Å²) in [5, 5.41) is 2.66. The Hall–Kier alpha value is -2.67. The van der Waals surface area contributed by atoms with Gasteiger partial charge in [0.1, 0.15) is 0 Å². The molecule has 1 amide bonds. The molecule has 0 saturated heterocycles. The van der Waals surface area contributed by atoms with E-state index in [0.717, 1.165) is 5.56 Å². The van der Waals surface area contributed by atoms with E-state index in [1.807, 2.05) is 13.0 Å². The Labute approximate surface area is 153 Å². The summed E-state index contributed by atoms with van der Waals surface area (Å²) < 4.78 is 29.4. The highest BCUT2D eigenvalue weighted by atomic mass is 32.2. The summed E-state index contributed by atoms with van der Waals surface area (Å²) in [4.78, 5) is 24.5. The van der Waals surface area contributed by atoms with E-state index in [9.17, 15) is 18.0 Å². The van der Waals surface area contributed by atoms with Crippen LogP contribution in [0.2, 0.25) is 0 Å². The van der Waals surface area contributed by atoms with Crippen molar-refractivity contribution in [3.05, 3.63) is 59.7 Å². The Morgan fingerprint density at radius 1 is 1.12 bits per heavy atom. The lowest BCUT2D eigenvalue weighted by molar-refractivity contribution is -0.123. The summed E-state index contributed by atoms with van der Waals surface area (Å²) >= 11 is 0. The van der Waals surface area contributed by atoms with E-state index in [4.69, 9.17) is 4.74 Å². The molecule has 138 valence electrons. The molecular formula is C19H21NO5S. The maximum absolute atomic E-state index is 12.4. The molecule has 0 radical (unpaired) electrons. The second-order valence-corrected chi connectivity index (χ2v) is 8.05. The molecule has 0 spiro atoms. The van der Waals surface area contributed by atoms with Crippen LogP contribution in [0.3, 0.4) is 0 Å². The maximum Gasteiger partial charge on any atom is 0.340 e. The van der Waals surface area contributed by atoms with Crippen LogP contribution in [0.15, 0.2) is 53.4 Å². The third-order valence-electron chi connectivity index (χ3n) is 3.76. The molecule has 2 aromatic rings. The quantitative estimate of drug-likeness (QED) is 0.784. The first-order valence-corrected chi connectivity index (χ1v) is 9.80. The first-order chi connectivity index (χ1) is 12.2. The number of ether oxygens (including phenoxy) is 1. The zero-order chi connectivity index (χ0) is 19.3. The Bertz CT molecular complexity index is 921.